The van der Waals surface area contributed by atoms with Crippen molar-refractivity contribution in [3.05, 3.63) is 58.7 Å². The molecule has 1 aliphatic rings. The Labute approximate surface area is 145 Å². The van der Waals surface area contributed by atoms with E-state index in [-0.39, 0.29) is 11.6 Å². The normalized spacial score (nSPS) is 16.4. The molecule has 0 radical (unpaired) electrons. The van der Waals surface area contributed by atoms with Crippen molar-refractivity contribution in [2.45, 2.75) is 19.4 Å². The summed E-state index contributed by atoms with van der Waals surface area (Å²) in [7, 11) is 3.12. The Morgan fingerprint density at radius 3 is 2.44 bits per heavy atom. The van der Waals surface area contributed by atoms with Crippen LogP contribution in [0.4, 0.5) is 8.78 Å². The van der Waals surface area contributed by atoms with Crippen LogP contribution in [-0.4, -0.2) is 31.6 Å². The lowest BCUT2D eigenvalue weighted by atomic mass is 9.92. The van der Waals surface area contributed by atoms with Gasteiger partial charge in [-0.25, -0.2) is 8.78 Å². The molecule has 0 saturated heterocycles. The lowest BCUT2D eigenvalue weighted by Crippen LogP contribution is -2.39. The molecule has 0 aromatic heterocycles. The zero-order valence-corrected chi connectivity index (χ0v) is 14.3. The Kier molecular flexibility index (Phi) is 4.61. The van der Waals surface area contributed by atoms with Crippen molar-refractivity contribution in [1.29, 1.82) is 0 Å². The van der Waals surface area contributed by atoms with E-state index in [1.165, 1.54) is 6.07 Å². The molecule has 132 valence electrons. The predicted octanol–water partition coefficient (Wildman–Crippen LogP) is 3.74. The summed E-state index contributed by atoms with van der Waals surface area (Å²) in [6.45, 7) is 2.32. The van der Waals surface area contributed by atoms with Gasteiger partial charge in [0.05, 0.1) is 25.8 Å². The first-order valence-electron chi connectivity index (χ1n) is 7.97. The van der Waals surface area contributed by atoms with Gasteiger partial charge in [-0.1, -0.05) is 0 Å². The third-order valence-electron chi connectivity index (χ3n) is 4.61. The summed E-state index contributed by atoms with van der Waals surface area (Å²) in [6.07, 6.45) is 0.620. The number of hydrogen-bond donors (Lipinski definition) is 0. The number of fused-ring (bicyclic) bond motifs is 1. The molecule has 0 N–H and O–H groups in total. The van der Waals surface area contributed by atoms with Gasteiger partial charge in [-0.2, -0.15) is 0 Å². The summed E-state index contributed by atoms with van der Waals surface area (Å²) in [5.74, 6) is -0.795. The molecular weight excluding hydrogens is 328 g/mol. The molecule has 1 heterocycles. The van der Waals surface area contributed by atoms with E-state index in [1.807, 2.05) is 19.1 Å². The fraction of sp³-hybridized carbons (Fsp3) is 0.316. The summed E-state index contributed by atoms with van der Waals surface area (Å²) in [5, 5.41) is 0. The second-order valence-corrected chi connectivity index (χ2v) is 5.95. The molecule has 6 heteroatoms. The van der Waals surface area contributed by atoms with Gasteiger partial charge in [-0.05, 0) is 48.7 Å². The number of halogens is 2. The number of carbonyl (C=O) groups is 1. The Morgan fingerprint density at radius 1 is 1.12 bits per heavy atom. The molecule has 25 heavy (non-hydrogen) atoms. The maximum absolute atomic E-state index is 14.0. The lowest BCUT2D eigenvalue weighted by Gasteiger charge is -2.36. The van der Waals surface area contributed by atoms with Crippen molar-refractivity contribution < 1.29 is 23.0 Å². The van der Waals surface area contributed by atoms with Crippen molar-refractivity contribution in [1.82, 2.24) is 4.90 Å². The van der Waals surface area contributed by atoms with Crippen molar-refractivity contribution in [2.75, 3.05) is 20.8 Å². The minimum atomic E-state index is -0.852. The molecule has 2 aromatic rings. The van der Waals surface area contributed by atoms with Gasteiger partial charge in [0.15, 0.2) is 11.5 Å². The molecule has 1 amide bonds. The molecule has 0 fully saturated rings. The summed E-state index contributed by atoms with van der Waals surface area (Å²) in [5.41, 5.74) is 1.87. The van der Waals surface area contributed by atoms with E-state index in [0.717, 1.165) is 23.3 Å². The van der Waals surface area contributed by atoms with Crippen LogP contribution in [-0.2, 0) is 6.42 Å². The lowest BCUT2D eigenvalue weighted by molar-refractivity contribution is 0.0672. The summed E-state index contributed by atoms with van der Waals surface area (Å²) < 4.78 is 37.7. The number of ether oxygens (including phenoxy) is 2. The third-order valence-corrected chi connectivity index (χ3v) is 4.61. The molecule has 4 nitrogen and oxygen atoms in total. The predicted molar refractivity (Wildman–Crippen MR) is 89.1 cm³/mol. The van der Waals surface area contributed by atoms with E-state index in [9.17, 15) is 13.6 Å². The Bertz CT molecular complexity index is 823. The standard InChI is InChI=1S/C19H19F2NO3/c1-11-15-10-18(25-3)17(24-2)8-12(15)6-7-22(11)19(23)14-5-4-13(20)9-16(14)21/h4-5,8-11H,6-7H2,1-3H3/t11-/m1/s1. The molecule has 2 aromatic carbocycles. The number of carbonyl (C=O) groups excluding carboxylic acids is 1. The summed E-state index contributed by atoms with van der Waals surface area (Å²) >= 11 is 0. The van der Waals surface area contributed by atoms with Gasteiger partial charge < -0.3 is 14.4 Å². The van der Waals surface area contributed by atoms with Gasteiger partial charge in [0.2, 0.25) is 0 Å². The Morgan fingerprint density at radius 2 is 1.80 bits per heavy atom. The molecule has 0 bridgehead atoms. The van der Waals surface area contributed by atoms with Gasteiger partial charge in [0.1, 0.15) is 11.6 Å². The molecule has 0 spiro atoms. The highest BCUT2D eigenvalue weighted by Crippen LogP contribution is 2.38. The largest absolute Gasteiger partial charge is 0.493 e. The van der Waals surface area contributed by atoms with Crippen LogP contribution in [0.25, 0.3) is 0 Å². The first kappa shape index (κ1) is 17.2. The number of benzene rings is 2. The maximum Gasteiger partial charge on any atom is 0.257 e. The average Bonchev–Trinajstić information content (AvgIpc) is 2.60. The van der Waals surface area contributed by atoms with Crippen LogP contribution in [0, 0.1) is 11.6 Å². The van der Waals surface area contributed by atoms with Gasteiger partial charge in [-0.15, -0.1) is 0 Å². The monoisotopic (exact) mass is 347 g/mol. The highest BCUT2D eigenvalue weighted by molar-refractivity contribution is 5.95. The molecule has 0 saturated carbocycles. The fourth-order valence-electron chi connectivity index (χ4n) is 3.24. The smallest absolute Gasteiger partial charge is 0.257 e. The van der Waals surface area contributed by atoms with Crippen molar-refractivity contribution in [2.24, 2.45) is 0 Å². The zero-order valence-electron chi connectivity index (χ0n) is 14.3. The molecule has 0 aliphatic carbocycles. The summed E-state index contributed by atoms with van der Waals surface area (Å²) in [4.78, 5) is 14.3. The average molecular weight is 347 g/mol. The molecule has 1 atom stereocenters. The van der Waals surface area contributed by atoms with E-state index in [0.29, 0.717) is 24.5 Å². The van der Waals surface area contributed by atoms with Crippen LogP contribution in [0.2, 0.25) is 0 Å². The van der Waals surface area contributed by atoms with Crippen LogP contribution in [0.5, 0.6) is 11.5 Å². The number of rotatable bonds is 3. The zero-order chi connectivity index (χ0) is 18.1. The van der Waals surface area contributed by atoms with Gasteiger partial charge >= 0.3 is 0 Å². The number of amides is 1. The maximum atomic E-state index is 14.0. The molecule has 0 unspecified atom stereocenters. The van der Waals surface area contributed by atoms with Gasteiger partial charge in [0, 0.05) is 12.6 Å². The molecule has 3 rings (SSSR count). The number of hydrogen-bond acceptors (Lipinski definition) is 3. The minimum absolute atomic E-state index is 0.128. The van der Waals surface area contributed by atoms with E-state index in [2.05, 4.69) is 0 Å². The van der Waals surface area contributed by atoms with Crippen LogP contribution in [0.15, 0.2) is 30.3 Å². The second-order valence-electron chi connectivity index (χ2n) is 5.95. The molecule has 1 aliphatic heterocycles. The van der Waals surface area contributed by atoms with Crippen molar-refractivity contribution in [3.63, 3.8) is 0 Å². The topological polar surface area (TPSA) is 38.8 Å². The Balaban J connectivity index is 1.95. The second kappa shape index (κ2) is 6.70. The van der Waals surface area contributed by atoms with Crippen LogP contribution in [0.3, 0.4) is 0 Å². The van der Waals surface area contributed by atoms with E-state index >= 15 is 0 Å². The van der Waals surface area contributed by atoms with E-state index in [4.69, 9.17) is 9.47 Å². The number of methoxy groups -OCH3 is 2. The highest BCUT2D eigenvalue weighted by atomic mass is 19.1. The van der Waals surface area contributed by atoms with Crippen LogP contribution < -0.4 is 9.47 Å². The van der Waals surface area contributed by atoms with Gasteiger partial charge in [0.25, 0.3) is 5.91 Å². The first-order chi connectivity index (χ1) is 12.0. The van der Waals surface area contributed by atoms with Crippen molar-refractivity contribution in [3.8, 4) is 11.5 Å². The van der Waals surface area contributed by atoms with Crippen LogP contribution in [0.1, 0.15) is 34.5 Å². The van der Waals surface area contributed by atoms with Crippen LogP contribution >= 0.6 is 0 Å². The highest BCUT2D eigenvalue weighted by Gasteiger charge is 2.30. The van der Waals surface area contributed by atoms with E-state index in [1.54, 1.807) is 19.1 Å². The first-order valence-corrected chi connectivity index (χ1v) is 7.97. The quantitative estimate of drug-likeness (QED) is 0.849. The summed E-state index contributed by atoms with van der Waals surface area (Å²) in [6, 6.07) is 6.49. The van der Waals surface area contributed by atoms with E-state index < -0.39 is 17.5 Å². The van der Waals surface area contributed by atoms with Gasteiger partial charge in [-0.3, -0.25) is 4.79 Å². The minimum Gasteiger partial charge on any atom is -0.493 e. The van der Waals surface area contributed by atoms with Crippen molar-refractivity contribution >= 4 is 5.91 Å². The SMILES string of the molecule is COc1cc2c(cc1OC)[C@@H](C)N(C(=O)c1ccc(F)cc1F)CC2. The Hall–Kier alpha value is -2.63. The molecular formula is C19H19F2NO3. The number of nitrogens with zero attached hydrogens (tertiary/aromatic N) is 1. The third kappa shape index (κ3) is 3.04. The fourth-order valence-corrected chi connectivity index (χ4v) is 3.24.